The first-order valence-corrected chi connectivity index (χ1v) is 5.10. The topological polar surface area (TPSA) is 24.6 Å². The lowest BCUT2D eigenvalue weighted by molar-refractivity contribution is 0.157. The van der Waals surface area contributed by atoms with Crippen LogP contribution >= 0.6 is 0 Å². The molecular formula is C12H13NO. The van der Waals surface area contributed by atoms with Crippen LogP contribution in [0.25, 0.3) is 5.52 Å². The van der Waals surface area contributed by atoms with Gasteiger partial charge in [0.15, 0.2) is 0 Å². The lowest BCUT2D eigenvalue weighted by Crippen LogP contribution is -2.18. The van der Waals surface area contributed by atoms with Crippen molar-refractivity contribution >= 4 is 5.52 Å². The maximum Gasteiger partial charge on any atom is 0.0598 e. The molecule has 0 saturated carbocycles. The molecule has 1 unspecified atom stereocenters. The first-order chi connectivity index (χ1) is 6.84. The monoisotopic (exact) mass is 187 g/mol. The third-order valence-electron chi connectivity index (χ3n) is 3.05. The quantitative estimate of drug-likeness (QED) is 0.668. The summed E-state index contributed by atoms with van der Waals surface area (Å²) in [5.41, 5.74) is 3.94. The van der Waals surface area contributed by atoms with Crippen molar-refractivity contribution in [2.45, 2.75) is 25.4 Å². The number of aliphatic hydroxyl groups is 1. The number of pyridine rings is 1. The summed E-state index contributed by atoms with van der Waals surface area (Å²) in [6, 6.07) is 8.44. The van der Waals surface area contributed by atoms with Gasteiger partial charge < -0.3 is 9.51 Å². The van der Waals surface area contributed by atoms with Gasteiger partial charge in [0.1, 0.15) is 0 Å². The summed E-state index contributed by atoms with van der Waals surface area (Å²) in [5.74, 6) is 0. The van der Waals surface area contributed by atoms with Gasteiger partial charge in [0.25, 0.3) is 0 Å². The fourth-order valence-corrected chi connectivity index (χ4v) is 2.33. The number of rotatable bonds is 0. The maximum atomic E-state index is 9.62. The Labute approximate surface area is 82.8 Å². The van der Waals surface area contributed by atoms with Crippen molar-refractivity contribution in [1.82, 2.24) is 4.40 Å². The molecule has 2 aromatic heterocycles. The van der Waals surface area contributed by atoms with Gasteiger partial charge in [0.2, 0.25) is 0 Å². The summed E-state index contributed by atoms with van der Waals surface area (Å²) in [6.07, 6.45) is 4.64. The molecule has 0 aliphatic heterocycles. The van der Waals surface area contributed by atoms with Gasteiger partial charge in [-0.25, -0.2) is 0 Å². The zero-order valence-corrected chi connectivity index (χ0v) is 7.98. The molecule has 2 nitrogen and oxygen atoms in total. The van der Waals surface area contributed by atoms with Crippen LogP contribution in [0.5, 0.6) is 0 Å². The van der Waals surface area contributed by atoms with Gasteiger partial charge in [0, 0.05) is 23.8 Å². The van der Waals surface area contributed by atoms with E-state index in [-0.39, 0.29) is 6.10 Å². The van der Waals surface area contributed by atoms with E-state index in [1.54, 1.807) is 0 Å². The Bertz CT molecular complexity index is 472. The molecule has 1 aliphatic carbocycles. The van der Waals surface area contributed by atoms with Gasteiger partial charge in [-0.2, -0.15) is 0 Å². The van der Waals surface area contributed by atoms with Crippen LogP contribution in [0, 0.1) is 0 Å². The number of hydrogen-bond acceptors (Lipinski definition) is 1. The Morgan fingerprint density at radius 1 is 1.36 bits per heavy atom. The molecule has 0 saturated heterocycles. The minimum atomic E-state index is -0.152. The molecule has 1 aliphatic rings. The highest BCUT2D eigenvalue weighted by Crippen LogP contribution is 2.25. The highest BCUT2D eigenvalue weighted by molar-refractivity contribution is 5.54. The summed E-state index contributed by atoms with van der Waals surface area (Å²) in [5, 5.41) is 9.62. The van der Waals surface area contributed by atoms with E-state index in [0.717, 1.165) is 19.3 Å². The second-order valence-electron chi connectivity index (χ2n) is 4.01. The fraction of sp³-hybridized carbons (Fsp3) is 0.333. The molecule has 2 aromatic rings. The Morgan fingerprint density at radius 3 is 3.21 bits per heavy atom. The number of aryl methyl sites for hydroxylation is 1. The third-order valence-corrected chi connectivity index (χ3v) is 3.05. The van der Waals surface area contributed by atoms with Crippen molar-refractivity contribution in [3.05, 3.63) is 41.7 Å². The third kappa shape index (κ3) is 1.07. The van der Waals surface area contributed by atoms with Crippen LogP contribution in [0.3, 0.4) is 0 Å². The van der Waals surface area contributed by atoms with Crippen LogP contribution in [0.1, 0.15) is 17.7 Å². The molecule has 0 fully saturated rings. The summed E-state index contributed by atoms with van der Waals surface area (Å²) >= 11 is 0. The van der Waals surface area contributed by atoms with Crippen LogP contribution in [0.4, 0.5) is 0 Å². The molecule has 1 N–H and O–H groups in total. The first-order valence-electron chi connectivity index (χ1n) is 5.10. The van der Waals surface area contributed by atoms with E-state index in [2.05, 4.69) is 28.8 Å². The number of fused-ring (bicyclic) bond motifs is 3. The smallest absolute Gasteiger partial charge is 0.0598 e. The van der Waals surface area contributed by atoms with E-state index in [9.17, 15) is 5.11 Å². The number of aliphatic hydroxyl groups excluding tert-OH is 1. The zero-order chi connectivity index (χ0) is 9.54. The Balaban J connectivity index is 2.25. The first kappa shape index (κ1) is 8.06. The highest BCUT2D eigenvalue weighted by atomic mass is 16.3. The molecule has 2 heterocycles. The Kier molecular flexibility index (Phi) is 1.64. The molecule has 3 rings (SSSR count). The lowest BCUT2D eigenvalue weighted by Gasteiger charge is -2.17. The largest absolute Gasteiger partial charge is 0.393 e. The van der Waals surface area contributed by atoms with Crippen LogP contribution in [0.15, 0.2) is 30.5 Å². The van der Waals surface area contributed by atoms with Crippen LogP contribution in [-0.4, -0.2) is 15.6 Å². The van der Waals surface area contributed by atoms with Crippen molar-refractivity contribution in [2.75, 3.05) is 0 Å². The molecule has 0 amide bonds. The van der Waals surface area contributed by atoms with Gasteiger partial charge in [0.05, 0.1) is 6.10 Å². The number of hydrogen-bond donors (Lipinski definition) is 1. The highest BCUT2D eigenvalue weighted by Gasteiger charge is 2.19. The average molecular weight is 187 g/mol. The summed E-state index contributed by atoms with van der Waals surface area (Å²) in [6.45, 7) is 0. The van der Waals surface area contributed by atoms with E-state index in [1.807, 2.05) is 6.07 Å². The molecule has 14 heavy (non-hydrogen) atoms. The molecular weight excluding hydrogens is 174 g/mol. The Hall–Kier alpha value is -1.28. The van der Waals surface area contributed by atoms with Crippen LogP contribution < -0.4 is 0 Å². The molecule has 0 radical (unpaired) electrons. The Morgan fingerprint density at radius 2 is 2.29 bits per heavy atom. The average Bonchev–Trinajstić information content (AvgIpc) is 2.56. The van der Waals surface area contributed by atoms with Gasteiger partial charge in [-0.1, -0.05) is 6.07 Å². The number of nitrogens with zero attached hydrogens (tertiary/aromatic N) is 1. The van der Waals surface area contributed by atoms with E-state index >= 15 is 0 Å². The van der Waals surface area contributed by atoms with Crippen molar-refractivity contribution in [1.29, 1.82) is 0 Å². The van der Waals surface area contributed by atoms with Gasteiger partial charge >= 0.3 is 0 Å². The minimum Gasteiger partial charge on any atom is -0.393 e. The fourth-order valence-electron chi connectivity index (χ4n) is 2.33. The van der Waals surface area contributed by atoms with E-state index in [0.29, 0.717) is 0 Å². The molecule has 72 valence electrons. The zero-order valence-electron chi connectivity index (χ0n) is 7.98. The van der Waals surface area contributed by atoms with Crippen molar-refractivity contribution in [2.24, 2.45) is 0 Å². The summed E-state index contributed by atoms with van der Waals surface area (Å²) < 4.78 is 2.19. The SMILES string of the molecule is OC1CCc2cc3ccccn3c2C1. The predicted molar refractivity (Wildman–Crippen MR) is 55.4 cm³/mol. The summed E-state index contributed by atoms with van der Waals surface area (Å²) in [4.78, 5) is 0. The standard InChI is InChI=1S/C12H13NO/c14-11-5-4-9-7-10-3-1-2-6-13(10)12(9)8-11/h1-3,6-7,11,14H,4-5,8H2. The van der Waals surface area contributed by atoms with Gasteiger partial charge in [-0.05, 0) is 36.6 Å². The molecule has 0 bridgehead atoms. The lowest BCUT2D eigenvalue weighted by atomic mass is 9.96. The maximum absolute atomic E-state index is 9.62. The van der Waals surface area contributed by atoms with E-state index in [1.165, 1.54) is 16.8 Å². The van der Waals surface area contributed by atoms with Crippen molar-refractivity contribution in [3.63, 3.8) is 0 Å². The predicted octanol–water partition coefficient (Wildman–Crippen LogP) is 1.79. The van der Waals surface area contributed by atoms with E-state index < -0.39 is 0 Å². The second kappa shape index (κ2) is 2.85. The minimum absolute atomic E-state index is 0.152. The summed E-state index contributed by atoms with van der Waals surface area (Å²) in [7, 11) is 0. The van der Waals surface area contributed by atoms with Crippen LogP contribution in [0.2, 0.25) is 0 Å². The van der Waals surface area contributed by atoms with Crippen molar-refractivity contribution in [3.8, 4) is 0 Å². The molecule has 0 aromatic carbocycles. The normalized spacial score (nSPS) is 21.1. The van der Waals surface area contributed by atoms with Crippen molar-refractivity contribution < 1.29 is 5.11 Å². The van der Waals surface area contributed by atoms with Gasteiger partial charge in [-0.15, -0.1) is 0 Å². The van der Waals surface area contributed by atoms with E-state index in [4.69, 9.17) is 0 Å². The molecule has 1 atom stereocenters. The molecule has 0 spiro atoms. The van der Waals surface area contributed by atoms with Gasteiger partial charge in [-0.3, -0.25) is 0 Å². The number of aromatic nitrogens is 1. The second-order valence-corrected chi connectivity index (χ2v) is 4.01. The molecule has 2 heteroatoms. The van der Waals surface area contributed by atoms with Crippen LogP contribution in [-0.2, 0) is 12.8 Å².